The Morgan fingerprint density at radius 3 is 2.63 bits per heavy atom. The molecule has 7 heteroatoms. The van der Waals surface area contributed by atoms with Crippen molar-refractivity contribution < 1.29 is 4.74 Å². The zero-order valence-corrected chi connectivity index (χ0v) is 21.0. The van der Waals surface area contributed by atoms with Gasteiger partial charge >= 0.3 is 0 Å². The number of hydrogen-bond donors (Lipinski definition) is 2. The van der Waals surface area contributed by atoms with Crippen molar-refractivity contribution in [1.82, 2.24) is 25.1 Å². The number of nitrogens with zero attached hydrogens (tertiary/aromatic N) is 4. The summed E-state index contributed by atoms with van der Waals surface area (Å²) in [7, 11) is 0. The largest absolute Gasteiger partial charge is 0.487 e. The van der Waals surface area contributed by atoms with Crippen molar-refractivity contribution in [2.45, 2.75) is 25.9 Å². The third-order valence-electron chi connectivity index (χ3n) is 7.32. The minimum atomic E-state index is 0.505. The Morgan fingerprint density at radius 1 is 0.842 bits per heavy atom. The quantitative estimate of drug-likeness (QED) is 0.265. The van der Waals surface area contributed by atoms with E-state index in [0.717, 1.165) is 68.9 Å². The summed E-state index contributed by atoms with van der Waals surface area (Å²) in [6.07, 6.45) is 9.30. The molecule has 2 aromatic carbocycles. The number of aromatic amines is 2. The van der Waals surface area contributed by atoms with Crippen LogP contribution in [0.2, 0.25) is 0 Å². The molecule has 0 bridgehead atoms. The summed E-state index contributed by atoms with van der Waals surface area (Å²) in [4.78, 5) is 15.1. The SMILES string of the molecule is c1ccc(COc2cncc(-c3ccc4[nH]nc(-c5cc6c(N7CCCCC7)ccnc6[nH]5)c4c3)c2)cc1. The number of benzene rings is 2. The summed E-state index contributed by atoms with van der Waals surface area (Å²) in [5, 5.41) is 10.1. The fourth-order valence-electron chi connectivity index (χ4n) is 5.35. The molecule has 2 N–H and O–H groups in total. The standard InChI is InChI=1S/C31H28N6O/c1-3-7-21(8-4-1)20-38-24-15-23(18-32-19-24)22-9-10-27-25(16-22)30(36-35-27)28-17-26-29(11-12-33-31(26)34-28)37-13-5-2-6-14-37/h1,3-4,7-12,15-19H,2,5-6,13-14,20H2,(H,33,34)(H,35,36). The van der Waals surface area contributed by atoms with Crippen molar-refractivity contribution in [1.29, 1.82) is 0 Å². The molecule has 188 valence electrons. The number of aromatic nitrogens is 5. The van der Waals surface area contributed by atoms with Crippen molar-refractivity contribution in [3.63, 3.8) is 0 Å². The molecule has 5 heterocycles. The van der Waals surface area contributed by atoms with Crippen LogP contribution >= 0.6 is 0 Å². The molecule has 1 saturated heterocycles. The Balaban J connectivity index is 1.22. The lowest BCUT2D eigenvalue weighted by molar-refractivity contribution is 0.305. The lowest BCUT2D eigenvalue weighted by Crippen LogP contribution is -2.29. The molecule has 0 spiro atoms. The number of hydrogen-bond acceptors (Lipinski definition) is 5. The van der Waals surface area contributed by atoms with Gasteiger partial charge in [0.1, 0.15) is 23.7 Å². The predicted octanol–water partition coefficient (Wildman–Crippen LogP) is 6.74. The van der Waals surface area contributed by atoms with Crippen molar-refractivity contribution in [2.24, 2.45) is 0 Å². The van der Waals surface area contributed by atoms with Crippen LogP contribution in [0.3, 0.4) is 0 Å². The second-order valence-corrected chi connectivity index (χ2v) is 9.84. The summed E-state index contributed by atoms with van der Waals surface area (Å²) >= 11 is 0. The molecule has 38 heavy (non-hydrogen) atoms. The van der Waals surface area contributed by atoms with Crippen LogP contribution in [0, 0.1) is 0 Å². The van der Waals surface area contributed by atoms with Crippen LogP contribution in [-0.2, 0) is 6.61 Å². The number of anilines is 1. The Bertz CT molecular complexity index is 1720. The highest BCUT2D eigenvalue weighted by atomic mass is 16.5. The molecule has 1 aliphatic heterocycles. The first-order valence-corrected chi connectivity index (χ1v) is 13.2. The average Bonchev–Trinajstić information content (AvgIpc) is 3.61. The van der Waals surface area contributed by atoms with Gasteiger partial charge in [-0.05, 0) is 60.7 Å². The van der Waals surface area contributed by atoms with Crippen molar-refractivity contribution in [3.8, 4) is 28.3 Å². The zero-order chi connectivity index (χ0) is 25.3. The smallest absolute Gasteiger partial charge is 0.139 e. The van der Waals surface area contributed by atoms with Gasteiger partial charge in [-0.15, -0.1) is 0 Å². The molecule has 1 fully saturated rings. The Labute approximate surface area is 220 Å². The number of pyridine rings is 2. The average molecular weight is 501 g/mol. The molecule has 7 rings (SSSR count). The highest BCUT2D eigenvalue weighted by Crippen LogP contribution is 2.35. The van der Waals surface area contributed by atoms with Gasteiger partial charge in [0.2, 0.25) is 0 Å². The molecule has 0 radical (unpaired) electrons. The van der Waals surface area contributed by atoms with Crippen LogP contribution in [0.5, 0.6) is 5.75 Å². The minimum absolute atomic E-state index is 0.505. The predicted molar refractivity (Wildman–Crippen MR) is 151 cm³/mol. The molecular formula is C31H28N6O. The monoisotopic (exact) mass is 500 g/mol. The van der Waals surface area contributed by atoms with Crippen molar-refractivity contribution >= 4 is 27.6 Å². The van der Waals surface area contributed by atoms with Crippen LogP contribution in [0.15, 0.2) is 85.3 Å². The van der Waals surface area contributed by atoms with Crippen LogP contribution in [0.25, 0.3) is 44.5 Å². The highest BCUT2D eigenvalue weighted by Gasteiger charge is 2.18. The van der Waals surface area contributed by atoms with Crippen LogP contribution in [-0.4, -0.2) is 38.2 Å². The van der Waals surface area contributed by atoms with Gasteiger partial charge in [-0.3, -0.25) is 10.1 Å². The van der Waals surface area contributed by atoms with Crippen LogP contribution in [0.4, 0.5) is 5.69 Å². The maximum absolute atomic E-state index is 6.02. The van der Waals surface area contributed by atoms with Crippen LogP contribution in [0.1, 0.15) is 24.8 Å². The molecule has 4 aromatic heterocycles. The molecule has 6 aromatic rings. The number of piperidine rings is 1. The number of ether oxygens (including phenoxy) is 1. The van der Waals surface area contributed by atoms with E-state index in [1.165, 1.54) is 24.9 Å². The first-order chi connectivity index (χ1) is 18.8. The summed E-state index contributed by atoms with van der Waals surface area (Å²) in [6.45, 7) is 2.69. The van der Waals surface area contributed by atoms with Gasteiger partial charge in [0, 0.05) is 47.5 Å². The first-order valence-electron chi connectivity index (χ1n) is 13.2. The Hall–Kier alpha value is -4.65. The van der Waals surface area contributed by atoms with Gasteiger partial charge in [-0.25, -0.2) is 4.98 Å². The van der Waals surface area contributed by atoms with Gasteiger partial charge in [0.25, 0.3) is 0 Å². The molecule has 0 atom stereocenters. The second-order valence-electron chi connectivity index (χ2n) is 9.84. The van der Waals surface area contributed by atoms with E-state index in [4.69, 9.17) is 4.74 Å². The van der Waals surface area contributed by atoms with E-state index in [2.05, 4.69) is 72.5 Å². The minimum Gasteiger partial charge on any atom is -0.487 e. The van der Waals surface area contributed by atoms with Gasteiger partial charge in [0.15, 0.2) is 0 Å². The summed E-state index contributed by atoms with van der Waals surface area (Å²) in [6, 6.07) is 22.8. The second kappa shape index (κ2) is 9.67. The normalized spacial score (nSPS) is 13.8. The molecule has 7 nitrogen and oxygen atoms in total. The Kier molecular flexibility index (Phi) is 5.73. The first kappa shape index (κ1) is 22.5. The lowest BCUT2D eigenvalue weighted by atomic mass is 10.0. The van der Waals surface area contributed by atoms with E-state index in [1.54, 1.807) is 6.20 Å². The third kappa shape index (κ3) is 4.26. The molecule has 0 unspecified atom stereocenters. The number of nitrogens with one attached hydrogen (secondary N) is 2. The Morgan fingerprint density at radius 2 is 1.74 bits per heavy atom. The van der Waals surface area contributed by atoms with E-state index in [9.17, 15) is 0 Å². The van der Waals surface area contributed by atoms with Crippen molar-refractivity contribution in [3.05, 3.63) is 90.9 Å². The zero-order valence-electron chi connectivity index (χ0n) is 21.0. The maximum Gasteiger partial charge on any atom is 0.139 e. The molecule has 1 aliphatic rings. The maximum atomic E-state index is 6.02. The summed E-state index contributed by atoms with van der Waals surface area (Å²) < 4.78 is 6.02. The van der Waals surface area contributed by atoms with Gasteiger partial charge in [-0.1, -0.05) is 36.4 Å². The third-order valence-corrected chi connectivity index (χ3v) is 7.32. The lowest BCUT2D eigenvalue weighted by Gasteiger charge is -2.29. The summed E-state index contributed by atoms with van der Waals surface area (Å²) in [5.74, 6) is 0.741. The number of H-pyrrole nitrogens is 2. The molecule has 0 saturated carbocycles. The molecular weight excluding hydrogens is 472 g/mol. The number of rotatable bonds is 6. The van der Waals surface area contributed by atoms with E-state index >= 15 is 0 Å². The van der Waals surface area contributed by atoms with Gasteiger partial charge in [-0.2, -0.15) is 5.10 Å². The molecule has 0 aliphatic carbocycles. The summed E-state index contributed by atoms with van der Waals surface area (Å²) in [5.41, 5.74) is 8.14. The van der Waals surface area contributed by atoms with E-state index in [1.807, 2.05) is 36.7 Å². The van der Waals surface area contributed by atoms with Crippen LogP contribution < -0.4 is 9.64 Å². The number of fused-ring (bicyclic) bond motifs is 2. The molecule has 0 amide bonds. The van der Waals surface area contributed by atoms with E-state index in [0.29, 0.717) is 6.61 Å². The fourth-order valence-corrected chi connectivity index (χ4v) is 5.35. The van der Waals surface area contributed by atoms with Crippen molar-refractivity contribution in [2.75, 3.05) is 18.0 Å². The highest BCUT2D eigenvalue weighted by molar-refractivity contribution is 5.99. The van der Waals surface area contributed by atoms with E-state index in [-0.39, 0.29) is 0 Å². The topological polar surface area (TPSA) is 82.7 Å². The van der Waals surface area contributed by atoms with E-state index < -0.39 is 0 Å². The van der Waals surface area contributed by atoms with Gasteiger partial charge < -0.3 is 14.6 Å². The fraction of sp³-hybridized carbons (Fsp3) is 0.194. The van der Waals surface area contributed by atoms with Gasteiger partial charge in [0.05, 0.1) is 17.4 Å².